The van der Waals surface area contributed by atoms with Crippen molar-refractivity contribution in [1.29, 1.82) is 0 Å². The van der Waals surface area contributed by atoms with Crippen molar-refractivity contribution < 1.29 is 28.4 Å². The second-order valence-electron chi connectivity index (χ2n) is 6.41. The van der Waals surface area contributed by atoms with Gasteiger partial charge in [0, 0.05) is 37.2 Å². The molecule has 0 aromatic heterocycles. The summed E-state index contributed by atoms with van der Waals surface area (Å²) in [5.41, 5.74) is 0.540. The number of anilines is 2. The molecule has 2 rings (SSSR count). The summed E-state index contributed by atoms with van der Waals surface area (Å²) in [4.78, 5) is 35.3. The first kappa shape index (κ1) is 22.8. The Balaban J connectivity index is 2.13. The minimum Gasteiger partial charge on any atom is -0.449 e. The lowest BCUT2D eigenvalue weighted by Crippen LogP contribution is -2.30. The highest BCUT2D eigenvalue weighted by atomic mass is 19.1. The molecule has 0 aliphatic carbocycles. The van der Waals surface area contributed by atoms with Gasteiger partial charge < -0.3 is 20.1 Å². The fourth-order valence-electron chi connectivity index (χ4n) is 2.45. The fraction of sp³-hybridized carbons (Fsp3) is 0.300. The monoisotopic (exact) mass is 419 g/mol. The zero-order valence-corrected chi connectivity index (χ0v) is 16.7. The molecular formula is C20H22FN3O6. The number of hydrogen-bond donors (Lipinski definition) is 2. The van der Waals surface area contributed by atoms with Crippen LogP contribution in [-0.4, -0.2) is 43.2 Å². The Morgan fingerprint density at radius 1 is 1.23 bits per heavy atom. The molecule has 2 N–H and O–H groups in total. The smallest absolute Gasteiger partial charge is 0.341 e. The molecule has 0 unspecified atom stereocenters. The van der Waals surface area contributed by atoms with Gasteiger partial charge >= 0.3 is 5.97 Å². The van der Waals surface area contributed by atoms with Crippen molar-refractivity contribution >= 4 is 28.9 Å². The summed E-state index contributed by atoms with van der Waals surface area (Å²) in [6, 6.07) is 7.86. The number of non-ortho nitro benzene ring substituents is 1. The van der Waals surface area contributed by atoms with Gasteiger partial charge in [0.25, 0.3) is 11.6 Å². The number of nitrogens with zero attached hydrogens (tertiary/aromatic N) is 1. The third kappa shape index (κ3) is 5.98. The van der Waals surface area contributed by atoms with Crippen LogP contribution in [0.2, 0.25) is 0 Å². The summed E-state index contributed by atoms with van der Waals surface area (Å²) in [7, 11) is 1.51. The van der Waals surface area contributed by atoms with E-state index in [2.05, 4.69) is 10.6 Å². The van der Waals surface area contributed by atoms with Crippen LogP contribution in [0.25, 0.3) is 0 Å². The van der Waals surface area contributed by atoms with Crippen LogP contribution in [0, 0.1) is 22.9 Å². The van der Waals surface area contributed by atoms with Crippen LogP contribution in [0.5, 0.6) is 0 Å². The molecule has 30 heavy (non-hydrogen) atoms. The van der Waals surface area contributed by atoms with Crippen molar-refractivity contribution in [2.24, 2.45) is 0 Å². The van der Waals surface area contributed by atoms with Crippen molar-refractivity contribution in [3.8, 4) is 0 Å². The van der Waals surface area contributed by atoms with Gasteiger partial charge in [0.2, 0.25) is 0 Å². The minimum absolute atomic E-state index is 0.0960. The van der Waals surface area contributed by atoms with E-state index in [0.29, 0.717) is 24.4 Å². The van der Waals surface area contributed by atoms with Crippen molar-refractivity contribution in [2.75, 3.05) is 30.9 Å². The Morgan fingerprint density at radius 2 is 1.97 bits per heavy atom. The Morgan fingerprint density at radius 3 is 2.60 bits per heavy atom. The lowest BCUT2D eigenvalue weighted by molar-refractivity contribution is -0.384. The van der Waals surface area contributed by atoms with Gasteiger partial charge in [0.05, 0.1) is 17.1 Å². The Bertz CT molecular complexity index is 950. The maximum absolute atomic E-state index is 13.6. The lowest BCUT2D eigenvalue weighted by Gasteiger charge is -2.16. The van der Waals surface area contributed by atoms with E-state index in [4.69, 9.17) is 9.47 Å². The van der Waals surface area contributed by atoms with Crippen LogP contribution < -0.4 is 10.6 Å². The molecule has 0 saturated heterocycles. The summed E-state index contributed by atoms with van der Waals surface area (Å²) >= 11 is 0. The molecule has 0 aliphatic heterocycles. The van der Waals surface area contributed by atoms with E-state index >= 15 is 0 Å². The van der Waals surface area contributed by atoms with Gasteiger partial charge in [-0.2, -0.15) is 0 Å². The largest absolute Gasteiger partial charge is 0.449 e. The standard InChI is InChI=1S/C20H22FN3O6/c1-12-4-5-14(10-17(12)21)23-19(25)13(2)30-20(26)16-11-15(24(27)28)6-7-18(16)22-8-9-29-3/h4-7,10-11,13,22H,8-9H2,1-3H3,(H,23,25)/t13-/m1/s1. The number of halogens is 1. The van der Waals surface area contributed by atoms with Gasteiger partial charge in [-0.15, -0.1) is 0 Å². The van der Waals surface area contributed by atoms with Crippen LogP contribution in [0.4, 0.5) is 21.5 Å². The number of carbonyl (C=O) groups is 2. The molecule has 0 bridgehead atoms. The number of ether oxygens (including phenoxy) is 2. The van der Waals surface area contributed by atoms with E-state index in [1.54, 1.807) is 6.92 Å². The topological polar surface area (TPSA) is 120 Å². The minimum atomic E-state index is -1.23. The number of nitro benzene ring substituents is 1. The second-order valence-corrected chi connectivity index (χ2v) is 6.41. The van der Waals surface area contributed by atoms with E-state index < -0.39 is 28.7 Å². The maximum Gasteiger partial charge on any atom is 0.341 e. The predicted octanol–water partition coefficient (Wildman–Crippen LogP) is 3.28. The molecular weight excluding hydrogens is 397 g/mol. The van der Waals surface area contributed by atoms with Crippen molar-refractivity contribution in [3.63, 3.8) is 0 Å². The highest BCUT2D eigenvalue weighted by Crippen LogP contribution is 2.24. The summed E-state index contributed by atoms with van der Waals surface area (Å²) in [6.45, 7) is 3.62. The van der Waals surface area contributed by atoms with E-state index in [1.165, 1.54) is 38.3 Å². The molecule has 0 heterocycles. The quantitative estimate of drug-likeness (QED) is 0.277. The average Bonchev–Trinajstić information content (AvgIpc) is 2.70. The van der Waals surface area contributed by atoms with Gasteiger partial charge in [-0.05, 0) is 37.6 Å². The second kappa shape index (κ2) is 10.3. The molecule has 1 atom stereocenters. The van der Waals surface area contributed by atoms with E-state index in [0.717, 1.165) is 12.1 Å². The first-order valence-electron chi connectivity index (χ1n) is 9.02. The number of hydrogen-bond acceptors (Lipinski definition) is 7. The van der Waals surface area contributed by atoms with E-state index in [1.807, 2.05) is 0 Å². The average molecular weight is 419 g/mol. The molecule has 0 saturated carbocycles. The van der Waals surface area contributed by atoms with Gasteiger partial charge in [-0.1, -0.05) is 6.07 Å². The van der Waals surface area contributed by atoms with E-state index in [9.17, 15) is 24.1 Å². The highest BCUT2D eigenvalue weighted by Gasteiger charge is 2.23. The van der Waals surface area contributed by atoms with Gasteiger partial charge in [-0.25, -0.2) is 9.18 Å². The summed E-state index contributed by atoms with van der Waals surface area (Å²) < 4.78 is 23.7. The SMILES string of the molecule is COCCNc1ccc([N+](=O)[O-])cc1C(=O)O[C@H](C)C(=O)Nc1ccc(C)c(F)c1. The van der Waals surface area contributed by atoms with Gasteiger partial charge in [0.15, 0.2) is 6.10 Å². The molecule has 0 radical (unpaired) electrons. The molecule has 2 aromatic carbocycles. The van der Waals surface area contributed by atoms with Crippen molar-refractivity contribution in [3.05, 3.63) is 63.5 Å². The summed E-state index contributed by atoms with van der Waals surface area (Å²) in [5, 5.41) is 16.4. The number of benzene rings is 2. The molecule has 2 aromatic rings. The highest BCUT2D eigenvalue weighted by molar-refractivity contribution is 6.00. The summed E-state index contributed by atoms with van der Waals surface area (Å²) in [6.07, 6.45) is -1.23. The van der Waals surface area contributed by atoms with Crippen molar-refractivity contribution in [2.45, 2.75) is 20.0 Å². The third-order valence-corrected chi connectivity index (χ3v) is 4.15. The molecule has 10 heteroatoms. The molecule has 9 nitrogen and oxygen atoms in total. The Kier molecular flexibility index (Phi) is 7.82. The van der Waals surface area contributed by atoms with Gasteiger partial charge in [0.1, 0.15) is 5.82 Å². The number of methoxy groups -OCH3 is 1. The zero-order chi connectivity index (χ0) is 22.3. The van der Waals surface area contributed by atoms with E-state index in [-0.39, 0.29) is 16.9 Å². The normalized spacial score (nSPS) is 11.5. The number of aryl methyl sites for hydroxylation is 1. The number of nitro groups is 1. The Labute approximate surface area is 172 Å². The van der Waals surface area contributed by atoms with Crippen LogP contribution in [0.3, 0.4) is 0 Å². The number of amides is 1. The third-order valence-electron chi connectivity index (χ3n) is 4.15. The first-order chi connectivity index (χ1) is 14.2. The molecule has 1 amide bonds. The van der Waals surface area contributed by atoms with Crippen LogP contribution in [0.1, 0.15) is 22.8 Å². The molecule has 160 valence electrons. The fourth-order valence-corrected chi connectivity index (χ4v) is 2.45. The van der Waals surface area contributed by atoms with Crippen LogP contribution in [-0.2, 0) is 14.3 Å². The van der Waals surface area contributed by atoms with Crippen LogP contribution in [0.15, 0.2) is 36.4 Å². The molecule has 0 spiro atoms. The maximum atomic E-state index is 13.6. The zero-order valence-electron chi connectivity index (χ0n) is 16.7. The molecule has 0 fully saturated rings. The number of esters is 1. The van der Waals surface area contributed by atoms with Crippen molar-refractivity contribution in [1.82, 2.24) is 0 Å². The molecule has 0 aliphatic rings. The first-order valence-corrected chi connectivity index (χ1v) is 9.02. The number of nitrogens with one attached hydrogen (secondary N) is 2. The van der Waals surface area contributed by atoms with Crippen LogP contribution >= 0.6 is 0 Å². The lowest BCUT2D eigenvalue weighted by atomic mass is 10.1. The number of rotatable bonds is 9. The summed E-state index contributed by atoms with van der Waals surface area (Å²) in [5.74, 6) is -2.08. The number of carbonyl (C=O) groups excluding carboxylic acids is 2. The Hall–Kier alpha value is -3.53. The van der Waals surface area contributed by atoms with Gasteiger partial charge in [-0.3, -0.25) is 14.9 Å². The predicted molar refractivity (Wildman–Crippen MR) is 108 cm³/mol.